The van der Waals surface area contributed by atoms with Crippen LogP contribution in [0, 0.1) is 6.92 Å². The van der Waals surface area contributed by atoms with E-state index in [9.17, 15) is 18.0 Å². The molecular formula is C28H30ClN3O4S. The van der Waals surface area contributed by atoms with Crippen LogP contribution in [0.3, 0.4) is 0 Å². The van der Waals surface area contributed by atoms with Crippen LogP contribution >= 0.6 is 11.6 Å². The Morgan fingerprint density at radius 3 is 2.35 bits per heavy atom. The first kappa shape index (κ1) is 26.7. The Bertz CT molecular complexity index is 1370. The van der Waals surface area contributed by atoms with Crippen LogP contribution in [-0.4, -0.2) is 32.8 Å². The second kappa shape index (κ2) is 11.8. The third kappa shape index (κ3) is 6.70. The highest BCUT2D eigenvalue weighted by Gasteiger charge is 2.28. The molecule has 0 saturated heterocycles. The van der Waals surface area contributed by atoms with Gasteiger partial charge in [0.05, 0.1) is 21.8 Å². The Labute approximate surface area is 222 Å². The highest BCUT2D eigenvalue weighted by molar-refractivity contribution is 7.92. The van der Waals surface area contributed by atoms with E-state index >= 15 is 0 Å². The highest BCUT2D eigenvalue weighted by Crippen LogP contribution is 2.27. The van der Waals surface area contributed by atoms with Gasteiger partial charge in [-0.05, 0) is 62.2 Å². The fourth-order valence-electron chi connectivity index (χ4n) is 4.40. The van der Waals surface area contributed by atoms with Crippen molar-refractivity contribution < 1.29 is 18.0 Å². The lowest BCUT2D eigenvalue weighted by molar-refractivity contribution is -0.114. The summed E-state index contributed by atoms with van der Waals surface area (Å²) in [6.45, 7) is 1.36. The lowest BCUT2D eigenvalue weighted by Crippen LogP contribution is -2.39. The van der Waals surface area contributed by atoms with E-state index in [1.165, 1.54) is 24.6 Å². The number of rotatable bonds is 8. The van der Waals surface area contributed by atoms with Crippen molar-refractivity contribution in [3.05, 3.63) is 88.9 Å². The first-order valence-corrected chi connectivity index (χ1v) is 14.1. The molecule has 1 aliphatic rings. The molecule has 1 aliphatic carbocycles. The number of anilines is 2. The fraction of sp³-hybridized carbons (Fsp3) is 0.286. The van der Waals surface area contributed by atoms with Gasteiger partial charge in [0.25, 0.3) is 15.9 Å². The Morgan fingerprint density at radius 1 is 0.946 bits per heavy atom. The Balaban J connectivity index is 1.57. The predicted octanol–water partition coefficient (Wildman–Crippen LogP) is 5.54. The van der Waals surface area contributed by atoms with Crippen molar-refractivity contribution in [2.24, 2.45) is 0 Å². The first-order valence-electron chi connectivity index (χ1n) is 12.3. The summed E-state index contributed by atoms with van der Waals surface area (Å²) in [4.78, 5) is 26.2. The van der Waals surface area contributed by atoms with Crippen LogP contribution in [0.15, 0.2) is 77.7 Å². The van der Waals surface area contributed by atoms with E-state index in [-0.39, 0.29) is 22.5 Å². The van der Waals surface area contributed by atoms with Gasteiger partial charge < -0.3 is 10.6 Å². The van der Waals surface area contributed by atoms with Crippen LogP contribution in [0.1, 0.15) is 48.0 Å². The van der Waals surface area contributed by atoms with Crippen LogP contribution in [0.4, 0.5) is 11.4 Å². The standard InChI is InChI=1S/C28H30ClN3O4S/c1-20-14-16-24(17-15-20)37(35,36)32(23-11-7-8-21(29)18-23)19-27(33)31-26-13-6-5-12-25(26)28(34)30-22-9-3-2-4-10-22/h5-8,11-18,22H,2-4,9-10,19H2,1H3,(H,30,34)(H,31,33). The van der Waals surface area contributed by atoms with Gasteiger partial charge in [0.1, 0.15) is 6.54 Å². The lowest BCUT2D eigenvalue weighted by atomic mass is 9.95. The SMILES string of the molecule is Cc1ccc(S(=O)(=O)N(CC(=O)Nc2ccccc2C(=O)NC2CCCCC2)c2cccc(Cl)c2)cc1. The molecule has 3 aromatic carbocycles. The topological polar surface area (TPSA) is 95.6 Å². The molecule has 0 atom stereocenters. The average Bonchev–Trinajstić information content (AvgIpc) is 2.88. The zero-order valence-corrected chi connectivity index (χ0v) is 22.2. The van der Waals surface area contributed by atoms with E-state index in [0.29, 0.717) is 16.3 Å². The number of halogens is 1. The van der Waals surface area contributed by atoms with E-state index in [4.69, 9.17) is 11.6 Å². The molecule has 194 valence electrons. The van der Waals surface area contributed by atoms with Gasteiger partial charge >= 0.3 is 0 Å². The minimum Gasteiger partial charge on any atom is -0.349 e. The van der Waals surface area contributed by atoms with Gasteiger partial charge in [0, 0.05) is 11.1 Å². The molecule has 0 radical (unpaired) electrons. The van der Waals surface area contributed by atoms with Crippen molar-refractivity contribution >= 4 is 44.8 Å². The number of hydrogen-bond acceptors (Lipinski definition) is 4. The number of nitrogens with one attached hydrogen (secondary N) is 2. The predicted molar refractivity (Wildman–Crippen MR) is 147 cm³/mol. The number of benzene rings is 3. The molecule has 9 heteroatoms. The molecule has 0 heterocycles. The number of para-hydroxylation sites is 1. The zero-order chi connectivity index (χ0) is 26.4. The molecule has 0 spiro atoms. The molecule has 2 N–H and O–H groups in total. The molecule has 7 nitrogen and oxygen atoms in total. The maximum Gasteiger partial charge on any atom is 0.264 e. The van der Waals surface area contributed by atoms with Crippen molar-refractivity contribution in [2.75, 3.05) is 16.2 Å². The number of carbonyl (C=O) groups excluding carboxylic acids is 2. The minimum atomic E-state index is -4.09. The Hall–Kier alpha value is -3.36. The smallest absolute Gasteiger partial charge is 0.264 e. The van der Waals surface area contributed by atoms with Gasteiger partial charge in [-0.3, -0.25) is 13.9 Å². The molecule has 0 aliphatic heterocycles. The highest BCUT2D eigenvalue weighted by atomic mass is 35.5. The summed E-state index contributed by atoms with van der Waals surface area (Å²) in [5, 5.41) is 6.14. The van der Waals surface area contributed by atoms with Crippen LogP contribution in [0.2, 0.25) is 5.02 Å². The molecule has 0 bridgehead atoms. The summed E-state index contributed by atoms with van der Waals surface area (Å²) < 4.78 is 28.2. The molecule has 4 rings (SSSR count). The van der Waals surface area contributed by atoms with Gasteiger partial charge in [-0.2, -0.15) is 0 Å². The zero-order valence-electron chi connectivity index (χ0n) is 20.6. The molecule has 0 aromatic heterocycles. The summed E-state index contributed by atoms with van der Waals surface area (Å²) in [5.41, 5.74) is 1.82. The Morgan fingerprint density at radius 2 is 1.65 bits per heavy atom. The lowest BCUT2D eigenvalue weighted by Gasteiger charge is -2.25. The van der Waals surface area contributed by atoms with E-state index in [1.54, 1.807) is 54.6 Å². The van der Waals surface area contributed by atoms with Gasteiger partial charge in [0.15, 0.2) is 0 Å². The molecule has 1 fully saturated rings. The summed E-state index contributed by atoms with van der Waals surface area (Å²) in [6, 6.07) is 19.6. The summed E-state index contributed by atoms with van der Waals surface area (Å²) in [7, 11) is -4.09. The van der Waals surface area contributed by atoms with E-state index < -0.39 is 22.5 Å². The van der Waals surface area contributed by atoms with E-state index in [2.05, 4.69) is 10.6 Å². The van der Waals surface area contributed by atoms with Crippen molar-refractivity contribution in [3.63, 3.8) is 0 Å². The Kier molecular flexibility index (Phi) is 8.51. The van der Waals surface area contributed by atoms with Crippen molar-refractivity contribution in [3.8, 4) is 0 Å². The van der Waals surface area contributed by atoms with E-state index in [0.717, 1.165) is 35.6 Å². The second-order valence-electron chi connectivity index (χ2n) is 9.21. The van der Waals surface area contributed by atoms with E-state index in [1.807, 2.05) is 6.92 Å². The number of hydrogen-bond donors (Lipinski definition) is 2. The van der Waals surface area contributed by atoms with Crippen LogP contribution in [0.25, 0.3) is 0 Å². The second-order valence-corrected chi connectivity index (χ2v) is 11.5. The fourth-order valence-corrected chi connectivity index (χ4v) is 6.00. The van der Waals surface area contributed by atoms with Crippen LogP contribution < -0.4 is 14.9 Å². The maximum atomic E-state index is 13.6. The van der Waals surface area contributed by atoms with Gasteiger partial charge in [-0.25, -0.2) is 8.42 Å². The normalized spacial score (nSPS) is 14.1. The number of carbonyl (C=O) groups is 2. The minimum absolute atomic E-state index is 0.0538. The van der Waals surface area contributed by atoms with Gasteiger partial charge in [0.2, 0.25) is 5.91 Å². The maximum absolute atomic E-state index is 13.6. The van der Waals surface area contributed by atoms with Gasteiger partial charge in [-0.15, -0.1) is 0 Å². The summed E-state index contributed by atoms with van der Waals surface area (Å²) in [6.07, 6.45) is 5.21. The van der Waals surface area contributed by atoms with Crippen molar-refractivity contribution in [1.29, 1.82) is 0 Å². The molecule has 0 unspecified atom stereocenters. The molecule has 1 saturated carbocycles. The largest absolute Gasteiger partial charge is 0.349 e. The molecule has 3 aromatic rings. The number of aryl methyl sites for hydroxylation is 1. The molecular weight excluding hydrogens is 510 g/mol. The number of amides is 2. The van der Waals surface area contributed by atoms with Crippen LogP contribution in [0.5, 0.6) is 0 Å². The summed E-state index contributed by atoms with van der Waals surface area (Å²) in [5.74, 6) is -0.852. The third-order valence-corrected chi connectivity index (χ3v) is 8.40. The summed E-state index contributed by atoms with van der Waals surface area (Å²) >= 11 is 6.14. The molecule has 37 heavy (non-hydrogen) atoms. The average molecular weight is 540 g/mol. The molecule has 2 amide bonds. The number of nitrogens with zero attached hydrogens (tertiary/aromatic N) is 1. The first-order chi connectivity index (χ1) is 17.7. The van der Waals surface area contributed by atoms with Crippen molar-refractivity contribution in [1.82, 2.24) is 5.32 Å². The quantitative estimate of drug-likeness (QED) is 0.392. The van der Waals surface area contributed by atoms with Gasteiger partial charge in [-0.1, -0.05) is 66.8 Å². The van der Waals surface area contributed by atoms with Crippen molar-refractivity contribution in [2.45, 2.75) is 50.0 Å². The number of sulfonamides is 1. The van der Waals surface area contributed by atoms with Crippen LogP contribution in [-0.2, 0) is 14.8 Å². The monoisotopic (exact) mass is 539 g/mol. The third-order valence-electron chi connectivity index (χ3n) is 6.38.